The molecule has 0 N–H and O–H groups in total. The molecule has 3 rings (SSSR count). The quantitative estimate of drug-likeness (QED) is 0.601. The van der Waals surface area contributed by atoms with Gasteiger partial charge in [0.1, 0.15) is 0 Å². The lowest BCUT2D eigenvalue weighted by Gasteiger charge is -2.16. The molecule has 0 radical (unpaired) electrons. The van der Waals surface area contributed by atoms with Crippen LogP contribution in [0.4, 0.5) is 0 Å². The monoisotopic (exact) mass is 339 g/mol. The fourth-order valence-corrected chi connectivity index (χ4v) is 4.95. The number of sulfone groups is 1. The Morgan fingerprint density at radius 2 is 1.96 bits per heavy atom. The van der Waals surface area contributed by atoms with Crippen LogP contribution in [-0.4, -0.2) is 42.9 Å². The molecule has 1 saturated carbocycles. The van der Waals surface area contributed by atoms with E-state index in [4.69, 9.17) is 4.74 Å². The van der Waals surface area contributed by atoms with Crippen molar-refractivity contribution < 1.29 is 22.7 Å². The van der Waals surface area contributed by atoms with Crippen LogP contribution in [-0.2, 0) is 19.4 Å². The van der Waals surface area contributed by atoms with E-state index in [1.165, 1.54) is 0 Å². The number of nitrogens with zero attached hydrogens (tertiary/aromatic N) is 1. The average molecular weight is 339 g/mol. The first-order valence-electron chi connectivity index (χ1n) is 7.87. The minimum atomic E-state index is -2.99. The molecule has 0 bridgehead atoms. The Morgan fingerprint density at radius 3 is 2.52 bits per heavy atom. The van der Waals surface area contributed by atoms with Crippen LogP contribution in [0.3, 0.4) is 0 Å². The smallest absolute Gasteiger partial charge is 0.309 e. The van der Waals surface area contributed by atoms with Gasteiger partial charge in [0.2, 0.25) is 5.78 Å². The van der Waals surface area contributed by atoms with E-state index in [9.17, 15) is 18.0 Å². The summed E-state index contributed by atoms with van der Waals surface area (Å²) >= 11 is 0. The number of carbonyl (C=O) groups is 2. The van der Waals surface area contributed by atoms with E-state index in [0.717, 1.165) is 24.2 Å². The first-order valence-corrected chi connectivity index (χ1v) is 9.69. The Hall–Kier alpha value is -1.63. The predicted molar refractivity (Wildman–Crippen MR) is 84.2 cm³/mol. The summed E-state index contributed by atoms with van der Waals surface area (Å²) in [5.41, 5.74) is 2.12. The molecule has 6 nitrogen and oxygen atoms in total. The van der Waals surface area contributed by atoms with Crippen molar-refractivity contribution in [1.29, 1.82) is 0 Å². The minimum Gasteiger partial charge on any atom is -0.457 e. The molecule has 126 valence electrons. The Labute approximate surface area is 135 Å². The molecular weight excluding hydrogens is 318 g/mol. The van der Waals surface area contributed by atoms with E-state index < -0.39 is 9.84 Å². The maximum atomic E-state index is 12.3. The van der Waals surface area contributed by atoms with Crippen molar-refractivity contribution in [3.63, 3.8) is 0 Å². The minimum absolute atomic E-state index is 0.0288. The van der Waals surface area contributed by atoms with Gasteiger partial charge in [0.25, 0.3) is 0 Å². The zero-order valence-electron chi connectivity index (χ0n) is 13.4. The molecule has 2 fully saturated rings. The second-order valence-electron chi connectivity index (χ2n) is 6.52. The van der Waals surface area contributed by atoms with Crippen molar-refractivity contribution in [3.8, 4) is 0 Å². The molecule has 0 aromatic carbocycles. The van der Waals surface area contributed by atoms with Crippen molar-refractivity contribution in [2.24, 2.45) is 5.92 Å². The van der Waals surface area contributed by atoms with E-state index in [1.54, 1.807) is 6.07 Å². The van der Waals surface area contributed by atoms with Gasteiger partial charge in [0.15, 0.2) is 16.4 Å². The van der Waals surface area contributed by atoms with E-state index in [1.807, 2.05) is 18.4 Å². The largest absolute Gasteiger partial charge is 0.457 e. The van der Waals surface area contributed by atoms with Crippen LogP contribution in [0.15, 0.2) is 6.07 Å². The average Bonchev–Trinajstić information content (AvgIpc) is 3.21. The molecule has 2 aliphatic rings. The molecule has 2 heterocycles. The van der Waals surface area contributed by atoms with Crippen LogP contribution < -0.4 is 0 Å². The SMILES string of the molecule is Cc1cc(C(=O)COC(=O)C2CC2)c(C)n1[C@H]1CCS(=O)(=O)C1. The molecule has 1 atom stereocenters. The van der Waals surface area contributed by atoms with Gasteiger partial charge in [-0.05, 0) is 39.2 Å². The summed E-state index contributed by atoms with van der Waals surface area (Å²) in [6, 6.07) is 1.64. The second-order valence-corrected chi connectivity index (χ2v) is 8.75. The van der Waals surface area contributed by atoms with Gasteiger partial charge in [-0.15, -0.1) is 0 Å². The number of hydrogen-bond acceptors (Lipinski definition) is 5. The van der Waals surface area contributed by atoms with E-state index in [-0.39, 0.29) is 41.8 Å². The number of aromatic nitrogens is 1. The van der Waals surface area contributed by atoms with Crippen LogP contribution >= 0.6 is 0 Å². The van der Waals surface area contributed by atoms with Gasteiger partial charge in [-0.2, -0.15) is 0 Å². The summed E-state index contributed by atoms with van der Waals surface area (Å²) in [7, 11) is -2.99. The number of aryl methyl sites for hydroxylation is 1. The Balaban J connectivity index is 1.74. The molecule has 0 spiro atoms. The van der Waals surface area contributed by atoms with Crippen molar-refractivity contribution in [3.05, 3.63) is 23.0 Å². The summed E-state index contributed by atoms with van der Waals surface area (Å²) in [4.78, 5) is 23.8. The molecule has 0 unspecified atom stereocenters. The third-order valence-electron chi connectivity index (χ3n) is 4.61. The summed E-state index contributed by atoms with van der Waals surface area (Å²) in [6.07, 6.45) is 2.26. The number of esters is 1. The molecule has 1 aromatic rings. The first-order chi connectivity index (χ1) is 10.8. The van der Waals surface area contributed by atoms with Crippen LogP contribution in [0.5, 0.6) is 0 Å². The number of ketones is 1. The maximum absolute atomic E-state index is 12.3. The molecule has 7 heteroatoms. The van der Waals surface area contributed by atoms with Gasteiger partial charge in [-0.1, -0.05) is 0 Å². The summed E-state index contributed by atoms with van der Waals surface area (Å²) < 4.78 is 30.4. The van der Waals surface area contributed by atoms with Crippen LogP contribution in [0.25, 0.3) is 0 Å². The molecule has 0 amide bonds. The molecule has 1 aromatic heterocycles. The summed E-state index contributed by atoms with van der Waals surface area (Å²) in [5, 5.41) is 0. The Kier molecular flexibility index (Phi) is 4.08. The van der Waals surface area contributed by atoms with Crippen LogP contribution in [0.2, 0.25) is 0 Å². The fourth-order valence-electron chi connectivity index (χ4n) is 3.25. The number of carbonyl (C=O) groups excluding carboxylic acids is 2. The highest BCUT2D eigenvalue weighted by Gasteiger charge is 2.33. The van der Waals surface area contributed by atoms with Gasteiger partial charge in [-0.25, -0.2) is 8.42 Å². The summed E-state index contributed by atoms with van der Waals surface area (Å²) in [5.74, 6) is -0.253. The van der Waals surface area contributed by atoms with Crippen molar-refractivity contribution in [2.75, 3.05) is 18.1 Å². The molecular formula is C16H21NO5S. The van der Waals surface area contributed by atoms with Gasteiger partial charge in [0.05, 0.1) is 17.4 Å². The van der Waals surface area contributed by atoms with Crippen molar-refractivity contribution >= 4 is 21.6 Å². The molecule has 23 heavy (non-hydrogen) atoms. The molecule has 1 aliphatic carbocycles. The zero-order chi connectivity index (χ0) is 16.8. The van der Waals surface area contributed by atoms with Crippen LogP contribution in [0.1, 0.15) is 47.1 Å². The summed E-state index contributed by atoms with van der Waals surface area (Å²) in [6.45, 7) is 3.43. The van der Waals surface area contributed by atoms with Gasteiger partial charge < -0.3 is 9.30 Å². The maximum Gasteiger partial charge on any atom is 0.309 e. The fraction of sp³-hybridized carbons (Fsp3) is 0.625. The highest BCUT2D eigenvalue weighted by atomic mass is 32.2. The second kappa shape index (κ2) is 5.78. The Bertz CT molecular complexity index is 758. The van der Waals surface area contributed by atoms with Gasteiger partial charge in [0, 0.05) is 23.0 Å². The lowest BCUT2D eigenvalue weighted by atomic mass is 10.1. The zero-order valence-corrected chi connectivity index (χ0v) is 14.2. The van der Waals surface area contributed by atoms with E-state index >= 15 is 0 Å². The van der Waals surface area contributed by atoms with E-state index in [0.29, 0.717) is 12.0 Å². The van der Waals surface area contributed by atoms with Crippen molar-refractivity contribution in [2.45, 2.75) is 39.2 Å². The topological polar surface area (TPSA) is 82.4 Å². The highest BCUT2D eigenvalue weighted by Crippen LogP contribution is 2.31. The number of rotatable bonds is 5. The number of Topliss-reactive ketones (excluding diaryl/α,β-unsaturated/α-hetero) is 1. The third-order valence-corrected chi connectivity index (χ3v) is 6.36. The third kappa shape index (κ3) is 3.34. The standard InChI is InChI=1S/C16H21NO5S/c1-10-7-14(15(18)8-22-16(19)12-3-4-12)11(2)17(10)13-5-6-23(20,21)9-13/h7,12-13H,3-6,8-9H2,1-2H3/t13-/m0/s1. The van der Waals surface area contributed by atoms with E-state index in [2.05, 4.69) is 0 Å². The first kappa shape index (κ1) is 16.2. The number of ether oxygens (including phenoxy) is 1. The van der Waals surface area contributed by atoms with Gasteiger partial charge >= 0.3 is 5.97 Å². The molecule has 1 saturated heterocycles. The van der Waals surface area contributed by atoms with Crippen LogP contribution in [0, 0.1) is 19.8 Å². The normalized spacial score (nSPS) is 23.0. The van der Waals surface area contributed by atoms with Crippen molar-refractivity contribution in [1.82, 2.24) is 4.57 Å². The lowest BCUT2D eigenvalue weighted by molar-refractivity contribution is -0.144. The number of hydrogen-bond donors (Lipinski definition) is 0. The molecule has 1 aliphatic heterocycles. The highest BCUT2D eigenvalue weighted by molar-refractivity contribution is 7.91. The lowest BCUT2D eigenvalue weighted by Crippen LogP contribution is -2.17. The van der Waals surface area contributed by atoms with Gasteiger partial charge in [-0.3, -0.25) is 9.59 Å². The Morgan fingerprint density at radius 1 is 1.26 bits per heavy atom. The predicted octanol–water partition coefficient (Wildman–Crippen LogP) is 1.60.